The van der Waals surface area contributed by atoms with Gasteiger partial charge < -0.3 is 11.1 Å². The van der Waals surface area contributed by atoms with Crippen LogP contribution in [0.25, 0.3) is 0 Å². The molecular formula is C12H17N3O3S. The molecule has 0 aromatic carbocycles. The van der Waals surface area contributed by atoms with Crippen LogP contribution in [-0.2, 0) is 14.4 Å². The molecule has 6 nitrogen and oxygen atoms in total. The standard InChI is InChI=1S/C12H17N3O3S/c1-15-8(16)6-7(9(15)17)14-11(18)12(10(13)19)4-2-3-5-12/h7H,2-6H2,1H3,(H2,13,19)(H,14,18). The van der Waals surface area contributed by atoms with E-state index in [0.29, 0.717) is 12.8 Å². The van der Waals surface area contributed by atoms with Gasteiger partial charge in [0, 0.05) is 7.05 Å². The van der Waals surface area contributed by atoms with Gasteiger partial charge in [-0.2, -0.15) is 0 Å². The summed E-state index contributed by atoms with van der Waals surface area (Å²) in [6.07, 6.45) is 3.01. The number of likely N-dealkylation sites (tertiary alicyclic amines) is 1. The van der Waals surface area contributed by atoms with Gasteiger partial charge in [-0.1, -0.05) is 25.1 Å². The summed E-state index contributed by atoms with van der Waals surface area (Å²) in [6, 6.07) is -0.781. The van der Waals surface area contributed by atoms with Crippen molar-refractivity contribution in [1.82, 2.24) is 10.2 Å². The van der Waals surface area contributed by atoms with Gasteiger partial charge in [0.05, 0.1) is 16.8 Å². The number of imide groups is 1. The van der Waals surface area contributed by atoms with Crippen LogP contribution in [0.3, 0.4) is 0 Å². The lowest BCUT2D eigenvalue weighted by Gasteiger charge is -2.27. The molecule has 0 bridgehead atoms. The van der Waals surface area contributed by atoms with Gasteiger partial charge in [-0.15, -0.1) is 0 Å². The highest BCUT2D eigenvalue weighted by Crippen LogP contribution is 2.39. The second-order valence-corrected chi connectivity index (χ2v) is 5.61. The van der Waals surface area contributed by atoms with Crippen LogP contribution in [0.4, 0.5) is 0 Å². The Balaban J connectivity index is 2.11. The van der Waals surface area contributed by atoms with E-state index >= 15 is 0 Å². The molecule has 3 N–H and O–H groups in total. The number of carbonyl (C=O) groups excluding carboxylic acids is 3. The summed E-state index contributed by atoms with van der Waals surface area (Å²) in [5, 5.41) is 2.64. The number of rotatable bonds is 3. The molecule has 1 saturated heterocycles. The van der Waals surface area contributed by atoms with Gasteiger partial charge in [0.15, 0.2) is 0 Å². The van der Waals surface area contributed by atoms with Crippen LogP contribution in [0.1, 0.15) is 32.1 Å². The number of amides is 3. The normalized spacial score (nSPS) is 25.7. The van der Waals surface area contributed by atoms with E-state index < -0.39 is 11.5 Å². The second kappa shape index (κ2) is 4.88. The van der Waals surface area contributed by atoms with Gasteiger partial charge in [0.25, 0.3) is 5.91 Å². The molecule has 1 unspecified atom stereocenters. The van der Waals surface area contributed by atoms with Crippen LogP contribution in [0.2, 0.25) is 0 Å². The minimum atomic E-state index is -0.847. The maximum absolute atomic E-state index is 12.4. The van der Waals surface area contributed by atoms with Gasteiger partial charge in [-0.25, -0.2) is 0 Å². The predicted octanol–water partition coefficient (Wildman–Crippen LogP) is -0.294. The molecule has 0 aromatic rings. The summed E-state index contributed by atoms with van der Waals surface area (Å²) < 4.78 is 0. The summed E-state index contributed by atoms with van der Waals surface area (Å²) in [5.41, 5.74) is 4.86. The first kappa shape index (κ1) is 13.9. The van der Waals surface area contributed by atoms with Crippen molar-refractivity contribution < 1.29 is 14.4 Å². The Kier molecular flexibility index (Phi) is 3.58. The Morgan fingerprint density at radius 1 is 1.42 bits per heavy atom. The highest BCUT2D eigenvalue weighted by Gasteiger charge is 2.46. The van der Waals surface area contributed by atoms with Gasteiger partial charge >= 0.3 is 0 Å². The van der Waals surface area contributed by atoms with Crippen LogP contribution in [0.15, 0.2) is 0 Å². The average Bonchev–Trinajstić information content (AvgIpc) is 2.93. The first-order valence-electron chi connectivity index (χ1n) is 6.30. The van der Waals surface area contributed by atoms with Crippen LogP contribution in [0, 0.1) is 5.41 Å². The van der Waals surface area contributed by atoms with Gasteiger partial charge in [-0.05, 0) is 12.8 Å². The third-order valence-electron chi connectivity index (χ3n) is 4.05. The zero-order valence-corrected chi connectivity index (χ0v) is 11.6. The van der Waals surface area contributed by atoms with E-state index in [1.54, 1.807) is 0 Å². The third-order valence-corrected chi connectivity index (χ3v) is 4.44. The number of thiocarbonyl (C=S) groups is 1. The van der Waals surface area contributed by atoms with E-state index in [4.69, 9.17) is 18.0 Å². The summed E-state index contributed by atoms with van der Waals surface area (Å²) in [4.78, 5) is 36.8. The Bertz CT molecular complexity index is 457. The fourth-order valence-corrected chi connectivity index (χ4v) is 3.03. The van der Waals surface area contributed by atoms with Crippen molar-refractivity contribution in [2.45, 2.75) is 38.1 Å². The van der Waals surface area contributed by atoms with E-state index in [1.165, 1.54) is 7.05 Å². The lowest BCUT2D eigenvalue weighted by Crippen LogP contribution is -2.51. The van der Waals surface area contributed by atoms with Gasteiger partial charge in [-0.3, -0.25) is 19.3 Å². The zero-order chi connectivity index (χ0) is 14.2. The molecular weight excluding hydrogens is 266 g/mol. The summed E-state index contributed by atoms with van der Waals surface area (Å²) in [7, 11) is 1.41. The Labute approximate surface area is 116 Å². The second-order valence-electron chi connectivity index (χ2n) is 5.17. The first-order valence-corrected chi connectivity index (χ1v) is 6.70. The number of nitrogens with two attached hydrogens (primary N) is 1. The van der Waals surface area contributed by atoms with Crippen molar-refractivity contribution >= 4 is 34.9 Å². The molecule has 1 heterocycles. The van der Waals surface area contributed by atoms with E-state index in [9.17, 15) is 14.4 Å². The minimum Gasteiger partial charge on any atom is -0.392 e. The number of likely N-dealkylation sites (N-methyl/N-ethyl adjacent to an activating group) is 1. The summed E-state index contributed by atoms with van der Waals surface area (Å²) >= 11 is 5.02. The van der Waals surface area contributed by atoms with Crippen molar-refractivity contribution in [3.8, 4) is 0 Å². The van der Waals surface area contributed by atoms with Gasteiger partial charge in [0.2, 0.25) is 11.8 Å². The maximum atomic E-state index is 12.4. The lowest BCUT2D eigenvalue weighted by molar-refractivity contribution is -0.138. The molecule has 0 aromatic heterocycles. The van der Waals surface area contributed by atoms with Crippen molar-refractivity contribution in [1.29, 1.82) is 0 Å². The highest BCUT2D eigenvalue weighted by atomic mass is 32.1. The van der Waals surface area contributed by atoms with Crippen LogP contribution < -0.4 is 11.1 Å². The molecule has 7 heteroatoms. The summed E-state index contributed by atoms with van der Waals surface area (Å²) in [6.45, 7) is 0. The molecule has 104 valence electrons. The highest BCUT2D eigenvalue weighted by molar-refractivity contribution is 7.80. The molecule has 0 spiro atoms. The molecule has 0 radical (unpaired) electrons. The van der Waals surface area contributed by atoms with Gasteiger partial charge in [0.1, 0.15) is 6.04 Å². The fourth-order valence-electron chi connectivity index (χ4n) is 2.73. The zero-order valence-electron chi connectivity index (χ0n) is 10.8. The smallest absolute Gasteiger partial charge is 0.252 e. The molecule has 1 aliphatic heterocycles. The molecule has 2 rings (SSSR count). The van der Waals surface area contributed by atoms with Crippen molar-refractivity contribution in [3.05, 3.63) is 0 Å². The molecule has 3 amide bonds. The van der Waals surface area contributed by atoms with Crippen LogP contribution in [-0.4, -0.2) is 40.7 Å². The largest absolute Gasteiger partial charge is 0.392 e. The number of hydrogen-bond acceptors (Lipinski definition) is 4. The third kappa shape index (κ3) is 2.22. The molecule has 2 fully saturated rings. The first-order chi connectivity index (χ1) is 8.88. The average molecular weight is 283 g/mol. The van der Waals surface area contributed by atoms with Crippen LogP contribution >= 0.6 is 12.2 Å². The van der Waals surface area contributed by atoms with E-state index in [-0.39, 0.29) is 29.1 Å². The monoisotopic (exact) mass is 283 g/mol. The number of nitrogens with one attached hydrogen (secondary N) is 1. The SMILES string of the molecule is CN1C(=O)CC(NC(=O)C2(C(N)=S)CCCC2)C1=O. The molecule has 19 heavy (non-hydrogen) atoms. The van der Waals surface area contributed by atoms with E-state index in [0.717, 1.165) is 17.7 Å². The number of nitrogens with zero attached hydrogens (tertiary/aromatic N) is 1. The fraction of sp³-hybridized carbons (Fsp3) is 0.667. The predicted molar refractivity (Wildman–Crippen MR) is 72.0 cm³/mol. The van der Waals surface area contributed by atoms with Crippen LogP contribution in [0.5, 0.6) is 0 Å². The molecule has 1 saturated carbocycles. The lowest BCUT2D eigenvalue weighted by atomic mass is 9.84. The summed E-state index contributed by atoms with van der Waals surface area (Å²) in [5.74, 6) is -0.987. The van der Waals surface area contributed by atoms with Crippen molar-refractivity contribution in [2.75, 3.05) is 7.05 Å². The Hall–Kier alpha value is -1.50. The van der Waals surface area contributed by atoms with E-state index in [2.05, 4.69) is 5.32 Å². The Morgan fingerprint density at radius 3 is 2.42 bits per heavy atom. The van der Waals surface area contributed by atoms with E-state index in [1.807, 2.05) is 0 Å². The quantitative estimate of drug-likeness (QED) is 0.548. The maximum Gasteiger partial charge on any atom is 0.252 e. The Morgan fingerprint density at radius 2 is 2.00 bits per heavy atom. The molecule has 1 atom stereocenters. The number of carbonyl (C=O) groups is 3. The van der Waals surface area contributed by atoms with Crippen molar-refractivity contribution in [3.63, 3.8) is 0 Å². The van der Waals surface area contributed by atoms with Crippen molar-refractivity contribution in [2.24, 2.45) is 11.1 Å². The number of hydrogen-bond donors (Lipinski definition) is 2. The molecule has 2 aliphatic rings. The topological polar surface area (TPSA) is 92.5 Å². The molecule has 1 aliphatic carbocycles. The minimum absolute atomic E-state index is 0.00842.